The molecule has 6 rings (SSSR count). The van der Waals surface area contributed by atoms with Crippen molar-refractivity contribution in [1.82, 2.24) is 0 Å². The summed E-state index contributed by atoms with van der Waals surface area (Å²) in [7, 11) is 0. The van der Waals surface area contributed by atoms with E-state index in [1.54, 1.807) is 11.3 Å². The van der Waals surface area contributed by atoms with E-state index in [0.717, 1.165) is 11.1 Å². The van der Waals surface area contributed by atoms with Gasteiger partial charge in [0.15, 0.2) is 6.54 Å². The second-order valence-electron chi connectivity index (χ2n) is 15.9. The van der Waals surface area contributed by atoms with Gasteiger partial charge >= 0.3 is 49.4 Å². The minimum Gasteiger partial charge on any atom is -0.194 e. The van der Waals surface area contributed by atoms with Gasteiger partial charge in [-0.15, -0.1) is 0 Å². The molecule has 0 amide bonds. The van der Waals surface area contributed by atoms with Crippen molar-refractivity contribution in [2.24, 2.45) is 0 Å². The summed E-state index contributed by atoms with van der Waals surface area (Å²) in [5.74, 6) is 0. The van der Waals surface area contributed by atoms with Crippen molar-refractivity contribution in [3.8, 4) is 12.1 Å². The molecule has 0 spiro atoms. The van der Waals surface area contributed by atoms with E-state index in [9.17, 15) is 105 Å². The van der Waals surface area contributed by atoms with Crippen molar-refractivity contribution in [1.29, 1.82) is 10.5 Å². The largest absolute Gasteiger partial charge is 0.416 e. The van der Waals surface area contributed by atoms with Gasteiger partial charge in [-0.3, -0.25) is 0 Å². The highest BCUT2D eigenvalue weighted by Crippen LogP contribution is 2.41. The fraction of sp³-hybridized carbons (Fsp3) is 0.222. The highest BCUT2D eigenvalue weighted by molar-refractivity contribution is 7.20. The second-order valence-corrected chi connectivity index (χ2v) is 16.8. The maximum Gasteiger partial charge on any atom is 0.416 e. The third kappa shape index (κ3) is 12.7. The Kier molecular flexibility index (Phi) is 15.5. The second kappa shape index (κ2) is 19.7. The molecule has 5 aromatic carbocycles. The van der Waals surface area contributed by atoms with Gasteiger partial charge < -0.3 is 0 Å². The fourth-order valence-electron chi connectivity index (χ4n) is 7.71. The number of hydrogen-bond donors (Lipinski definition) is 0. The quantitative estimate of drug-likeness (QED) is 0.0722. The first kappa shape index (κ1) is 58.0. The first-order chi connectivity index (χ1) is 33.5. The number of allylic oxidation sites excluding steroid dienone is 2. The molecule has 0 unspecified atom stereocenters. The van der Waals surface area contributed by atoms with Crippen LogP contribution in [-0.4, -0.2) is 6.15 Å². The number of aromatic nitrogens is 1. The highest BCUT2D eigenvalue weighted by Gasteiger charge is 2.47. The minimum absolute atomic E-state index is 0.202. The third-order valence-electron chi connectivity index (χ3n) is 11.0. The molecule has 394 valence electrons. The van der Waals surface area contributed by atoms with Crippen LogP contribution in [0.15, 0.2) is 114 Å². The Morgan fingerprint density at radius 2 is 0.662 bits per heavy atom. The summed E-state index contributed by atoms with van der Waals surface area (Å²) in [6.45, 7) is 2.40. The van der Waals surface area contributed by atoms with Gasteiger partial charge in [0, 0.05) is 11.6 Å². The van der Waals surface area contributed by atoms with Gasteiger partial charge in [0.1, 0.15) is 28.6 Å². The van der Waals surface area contributed by atoms with Gasteiger partial charge in [0.2, 0.25) is 11.0 Å². The van der Waals surface area contributed by atoms with Gasteiger partial charge in [-0.05, 0) is 37.3 Å². The Balaban J connectivity index is 0.000000500. The van der Waals surface area contributed by atoms with Crippen LogP contribution in [0.5, 0.6) is 0 Å². The number of nitriles is 2. The van der Waals surface area contributed by atoms with Crippen LogP contribution in [0.4, 0.5) is 105 Å². The maximum absolute atomic E-state index is 14.2. The molecule has 6 aromatic rings. The van der Waals surface area contributed by atoms with E-state index in [-0.39, 0.29) is 5.57 Å². The molecule has 0 bridgehead atoms. The van der Waals surface area contributed by atoms with E-state index >= 15 is 0 Å². The van der Waals surface area contributed by atoms with Crippen molar-refractivity contribution in [2.75, 3.05) is 0 Å². The molecule has 1 aromatic heterocycles. The Morgan fingerprint density at radius 3 is 0.892 bits per heavy atom. The van der Waals surface area contributed by atoms with E-state index in [2.05, 4.69) is 10.6 Å². The molecule has 0 N–H and O–H groups in total. The number of benzene rings is 5. The number of hydrogen-bond acceptors (Lipinski definition) is 3. The average Bonchev–Trinajstić information content (AvgIpc) is 3.67. The molecule has 0 aliphatic rings. The van der Waals surface area contributed by atoms with Gasteiger partial charge in [-0.25, -0.2) is 0 Å². The predicted molar refractivity (Wildman–Crippen MR) is 216 cm³/mol. The monoisotopic (exact) mass is 1100 g/mol. The SMILES string of the molecule is CC(C[n+]1csc2ccccc21)=C(C#N)C#N.FC(F)(F)c1cc([B-](c2cc(C(F)(F)F)cc(C(F)(F)F)c2)(c2cc(C(F)(F)F)cc(C(F)(F)F)c2)c2cc(C(F)(F)F)cc(C(F)(F)F)c2)cc(C(F)(F)F)c1. The lowest BCUT2D eigenvalue weighted by molar-refractivity contribution is -0.658. The standard InChI is InChI=1S/C32H12BF24.C13H10N3S/c34-25(35,36)13-1-14(26(37,38)39)6-21(5-13)33(22-7-15(27(40,41)42)2-16(8-22)28(43,44)45,23-9-17(29(46,47)48)3-18(10-23)30(49,50)51)24-11-19(31(52,53)54)4-20(12-24)32(55,56)57;1-10(11(6-14)7-15)8-16-9-17-13-5-3-2-4-12(13)16/h1-12H;2-5,9H,8H2,1H3/q-1;+1. The molecule has 0 saturated carbocycles. The summed E-state index contributed by atoms with van der Waals surface area (Å²) in [6.07, 6.45) is -54.8. The number of nitrogens with zero attached hydrogens (tertiary/aromatic N) is 3. The van der Waals surface area contributed by atoms with Crippen LogP contribution in [-0.2, 0) is 56.0 Å². The molecule has 0 aliphatic carbocycles. The Bertz CT molecular complexity index is 2730. The summed E-state index contributed by atoms with van der Waals surface area (Å²) in [5, 5.41) is 17.6. The van der Waals surface area contributed by atoms with Crippen LogP contribution in [0, 0.1) is 22.7 Å². The molecular weight excluding hydrogens is 1080 g/mol. The zero-order valence-electron chi connectivity index (χ0n) is 35.9. The smallest absolute Gasteiger partial charge is 0.194 e. The molecule has 1 heterocycles. The van der Waals surface area contributed by atoms with Crippen molar-refractivity contribution in [3.63, 3.8) is 0 Å². The predicted octanol–water partition coefficient (Wildman–Crippen LogP) is 13.8. The minimum atomic E-state index is -6.13. The normalized spacial score (nSPS) is 13.2. The molecule has 29 heteroatoms. The average molecular weight is 1100 g/mol. The number of halogens is 24. The molecule has 0 aliphatic heterocycles. The summed E-state index contributed by atoms with van der Waals surface area (Å²) in [4.78, 5) is 0. The lowest BCUT2D eigenvalue weighted by Crippen LogP contribution is -2.75. The fourth-order valence-corrected chi connectivity index (χ4v) is 8.61. The molecule has 0 radical (unpaired) electrons. The molecule has 3 nitrogen and oxygen atoms in total. The highest BCUT2D eigenvalue weighted by atomic mass is 32.1. The van der Waals surface area contributed by atoms with Crippen molar-refractivity contribution < 1.29 is 110 Å². The molecular formula is C45H22BF24N3S. The van der Waals surface area contributed by atoms with Crippen LogP contribution in [0.3, 0.4) is 0 Å². The Hall–Kier alpha value is -6.91. The van der Waals surface area contributed by atoms with Gasteiger partial charge in [-0.2, -0.15) is 142 Å². The number of alkyl halides is 24. The molecule has 0 saturated heterocycles. The maximum atomic E-state index is 14.2. The van der Waals surface area contributed by atoms with Crippen molar-refractivity contribution >= 4 is 49.6 Å². The lowest BCUT2D eigenvalue weighted by atomic mass is 9.12. The van der Waals surface area contributed by atoms with Gasteiger partial charge in [0.25, 0.3) is 0 Å². The number of thiazole rings is 1. The lowest BCUT2D eigenvalue weighted by Gasteiger charge is -2.46. The molecule has 0 atom stereocenters. The number of rotatable bonds is 6. The van der Waals surface area contributed by atoms with Crippen LogP contribution in [0.25, 0.3) is 10.2 Å². The Labute approximate surface area is 402 Å². The summed E-state index contributed by atoms with van der Waals surface area (Å²) < 4.78 is 344. The van der Waals surface area contributed by atoms with Gasteiger partial charge in [-0.1, -0.05) is 72.0 Å². The van der Waals surface area contributed by atoms with Crippen LogP contribution < -0.4 is 26.4 Å². The van der Waals surface area contributed by atoms with E-state index in [1.165, 1.54) is 4.70 Å². The van der Waals surface area contributed by atoms with E-state index < -0.39 is 195 Å². The number of para-hydroxylation sites is 1. The Morgan fingerprint density at radius 1 is 0.419 bits per heavy atom. The zero-order chi connectivity index (χ0) is 56.2. The first-order valence-electron chi connectivity index (χ1n) is 19.7. The van der Waals surface area contributed by atoms with Crippen LogP contribution in [0.2, 0.25) is 0 Å². The number of fused-ring (bicyclic) bond motifs is 1. The summed E-state index contributed by atoms with van der Waals surface area (Å²) >= 11 is 1.66. The van der Waals surface area contributed by atoms with E-state index in [4.69, 9.17) is 10.5 Å². The van der Waals surface area contributed by atoms with Crippen molar-refractivity contribution in [3.05, 3.63) is 158 Å². The van der Waals surface area contributed by atoms with Crippen LogP contribution in [0.1, 0.15) is 51.4 Å². The van der Waals surface area contributed by atoms with Gasteiger partial charge in [0.05, 0.1) is 44.5 Å². The summed E-state index contributed by atoms with van der Waals surface area (Å²) in [5.41, 5.74) is -26.1. The zero-order valence-corrected chi connectivity index (χ0v) is 36.7. The first-order valence-corrected chi connectivity index (χ1v) is 20.6. The molecule has 74 heavy (non-hydrogen) atoms. The molecule has 0 fully saturated rings. The third-order valence-corrected chi connectivity index (χ3v) is 11.9. The summed E-state index contributed by atoms with van der Waals surface area (Å²) in [6, 6.07) is 3.12. The topological polar surface area (TPSA) is 51.5 Å². The van der Waals surface area contributed by atoms with E-state index in [1.807, 2.05) is 42.8 Å². The van der Waals surface area contributed by atoms with Crippen molar-refractivity contribution in [2.45, 2.75) is 62.9 Å². The van der Waals surface area contributed by atoms with Crippen LogP contribution >= 0.6 is 11.3 Å². The van der Waals surface area contributed by atoms with E-state index in [0.29, 0.717) is 6.54 Å².